The van der Waals surface area contributed by atoms with Crippen LogP contribution in [0.2, 0.25) is 0 Å². The molecule has 0 bridgehead atoms. The molecule has 0 atom stereocenters. The largest absolute Gasteiger partial charge is 0.480 e. The van der Waals surface area contributed by atoms with Crippen molar-refractivity contribution >= 4 is 34.2 Å². The number of carboxylic acids is 1. The van der Waals surface area contributed by atoms with E-state index in [0.29, 0.717) is 28.2 Å². The lowest BCUT2D eigenvalue weighted by Crippen LogP contribution is -2.17. The Balaban J connectivity index is 1.94. The summed E-state index contributed by atoms with van der Waals surface area (Å²) in [5, 5.41) is 15.5. The summed E-state index contributed by atoms with van der Waals surface area (Å²) in [5.74, 6) is -0.401. The topological polar surface area (TPSA) is 96.2 Å². The summed E-state index contributed by atoms with van der Waals surface area (Å²) in [6.07, 6.45) is 0. The van der Waals surface area contributed by atoms with Crippen molar-refractivity contribution in [1.29, 1.82) is 0 Å². The molecule has 0 saturated heterocycles. The van der Waals surface area contributed by atoms with Gasteiger partial charge in [0.2, 0.25) is 0 Å². The van der Waals surface area contributed by atoms with Gasteiger partial charge in [-0.15, -0.1) is 0 Å². The van der Waals surface area contributed by atoms with E-state index in [-0.39, 0.29) is 12.0 Å². The lowest BCUT2D eigenvalue weighted by molar-refractivity contribution is -0.134. The summed E-state index contributed by atoms with van der Waals surface area (Å²) in [7, 11) is 0. The lowest BCUT2D eigenvalue weighted by Gasteiger charge is -2.19. The molecule has 0 aliphatic rings. The smallest absolute Gasteiger partial charge is 0.322 e. The molecule has 2 heterocycles. The zero-order chi connectivity index (χ0) is 21.1. The van der Waals surface area contributed by atoms with E-state index in [4.69, 9.17) is 5.11 Å². The van der Waals surface area contributed by atoms with Gasteiger partial charge in [0.15, 0.2) is 5.43 Å². The third kappa shape index (κ3) is 3.86. The molecule has 0 saturated carbocycles. The molecule has 3 N–H and O–H groups in total. The number of fused-ring (bicyclic) bond motifs is 1. The number of anilines is 3. The number of rotatable bonds is 6. The average Bonchev–Trinajstić information content (AvgIpc) is 2.74. The Bertz CT molecular complexity index is 1270. The molecular formula is C23H20N4O3. The number of para-hydroxylation sites is 2. The van der Waals surface area contributed by atoms with E-state index in [1.807, 2.05) is 65.2 Å². The van der Waals surface area contributed by atoms with E-state index in [1.165, 1.54) is 6.07 Å². The van der Waals surface area contributed by atoms with Gasteiger partial charge in [-0.1, -0.05) is 36.4 Å². The standard InChI is InChI=1S/C23H20N4O3/c1-15-19(24-14-22(29)30)12-18-20(28)13-21(26-16-8-4-2-5-9-16)27(23(18)25-15)17-10-6-3-7-11-17/h2-13,24,26H,14H2,1H3,(H,29,30). The molecule has 4 aromatic rings. The highest BCUT2D eigenvalue weighted by atomic mass is 16.4. The Labute approximate surface area is 172 Å². The van der Waals surface area contributed by atoms with Gasteiger partial charge in [-0.3, -0.25) is 14.2 Å². The van der Waals surface area contributed by atoms with Crippen LogP contribution in [0.1, 0.15) is 5.69 Å². The summed E-state index contributed by atoms with van der Waals surface area (Å²) in [6.45, 7) is 1.52. The van der Waals surface area contributed by atoms with Gasteiger partial charge in [0.25, 0.3) is 0 Å². The molecule has 7 nitrogen and oxygen atoms in total. The van der Waals surface area contributed by atoms with Gasteiger partial charge in [0, 0.05) is 17.4 Å². The van der Waals surface area contributed by atoms with Gasteiger partial charge in [0.1, 0.15) is 18.0 Å². The fraction of sp³-hybridized carbons (Fsp3) is 0.0870. The maximum absolute atomic E-state index is 12.9. The molecule has 0 aliphatic carbocycles. The second-order valence-corrected chi connectivity index (χ2v) is 6.80. The molecule has 0 fully saturated rings. The number of carbonyl (C=O) groups is 1. The number of hydrogen-bond donors (Lipinski definition) is 3. The first kappa shape index (κ1) is 19.2. The van der Waals surface area contributed by atoms with Crippen molar-refractivity contribution in [2.45, 2.75) is 6.92 Å². The summed E-state index contributed by atoms with van der Waals surface area (Å²) in [6, 6.07) is 22.4. The highest BCUT2D eigenvalue weighted by Crippen LogP contribution is 2.26. The minimum absolute atomic E-state index is 0.207. The summed E-state index contributed by atoms with van der Waals surface area (Å²) < 4.78 is 1.89. The van der Waals surface area contributed by atoms with Gasteiger partial charge >= 0.3 is 5.97 Å². The fourth-order valence-electron chi connectivity index (χ4n) is 3.27. The first-order valence-corrected chi connectivity index (χ1v) is 9.43. The van der Waals surface area contributed by atoms with Crippen LogP contribution in [-0.2, 0) is 4.79 Å². The Kier molecular flexibility index (Phi) is 5.17. The van der Waals surface area contributed by atoms with Crippen LogP contribution in [-0.4, -0.2) is 27.2 Å². The van der Waals surface area contributed by atoms with E-state index in [9.17, 15) is 9.59 Å². The predicted octanol–water partition coefficient (Wildman–Crippen LogP) is 3.93. The average molecular weight is 400 g/mol. The van der Waals surface area contributed by atoms with Crippen molar-refractivity contribution in [3.63, 3.8) is 0 Å². The van der Waals surface area contributed by atoms with Crippen LogP contribution in [0.25, 0.3) is 16.7 Å². The van der Waals surface area contributed by atoms with Crippen LogP contribution in [0.5, 0.6) is 0 Å². The first-order chi connectivity index (χ1) is 14.5. The highest BCUT2D eigenvalue weighted by molar-refractivity contribution is 5.85. The van der Waals surface area contributed by atoms with Crippen LogP contribution in [0.15, 0.2) is 77.6 Å². The molecule has 0 spiro atoms. The number of nitrogens with zero attached hydrogens (tertiary/aromatic N) is 2. The number of benzene rings is 2. The van der Waals surface area contributed by atoms with Gasteiger partial charge in [0.05, 0.1) is 16.8 Å². The van der Waals surface area contributed by atoms with E-state index >= 15 is 0 Å². The minimum Gasteiger partial charge on any atom is -0.480 e. The Morgan fingerprint density at radius 1 is 1.03 bits per heavy atom. The molecule has 30 heavy (non-hydrogen) atoms. The van der Waals surface area contributed by atoms with Crippen LogP contribution >= 0.6 is 0 Å². The quantitative estimate of drug-likeness (QED) is 0.454. The van der Waals surface area contributed by atoms with Gasteiger partial charge in [-0.2, -0.15) is 0 Å². The molecule has 2 aromatic heterocycles. The summed E-state index contributed by atoms with van der Waals surface area (Å²) >= 11 is 0. The first-order valence-electron chi connectivity index (χ1n) is 9.43. The molecule has 2 aromatic carbocycles. The Morgan fingerprint density at radius 2 is 1.70 bits per heavy atom. The highest BCUT2D eigenvalue weighted by Gasteiger charge is 2.15. The van der Waals surface area contributed by atoms with Crippen molar-refractivity contribution in [2.75, 3.05) is 17.2 Å². The van der Waals surface area contributed by atoms with Gasteiger partial charge < -0.3 is 15.7 Å². The maximum atomic E-state index is 12.9. The van der Waals surface area contributed by atoms with Crippen LogP contribution in [0.4, 0.5) is 17.2 Å². The maximum Gasteiger partial charge on any atom is 0.322 e. The van der Waals surface area contributed by atoms with Crippen molar-refractivity contribution < 1.29 is 9.90 Å². The van der Waals surface area contributed by atoms with Crippen LogP contribution in [0, 0.1) is 6.92 Å². The molecule has 150 valence electrons. The van der Waals surface area contributed by atoms with E-state index in [1.54, 1.807) is 13.0 Å². The van der Waals surface area contributed by atoms with E-state index in [0.717, 1.165) is 11.4 Å². The zero-order valence-electron chi connectivity index (χ0n) is 16.3. The van der Waals surface area contributed by atoms with Crippen molar-refractivity contribution in [3.05, 3.63) is 88.7 Å². The SMILES string of the molecule is Cc1nc2c(cc1NCC(=O)O)c(=O)cc(Nc1ccccc1)n2-c1ccccc1. The molecule has 0 amide bonds. The molecule has 0 aliphatic heterocycles. The number of nitrogens with one attached hydrogen (secondary N) is 2. The number of aromatic nitrogens is 2. The number of pyridine rings is 2. The van der Waals surface area contributed by atoms with E-state index < -0.39 is 5.97 Å². The number of carboxylic acid groups (broad SMARTS) is 1. The summed E-state index contributed by atoms with van der Waals surface area (Å²) in [4.78, 5) is 28.5. The fourth-order valence-corrected chi connectivity index (χ4v) is 3.27. The number of aryl methyl sites for hydroxylation is 1. The van der Waals surface area contributed by atoms with Crippen LogP contribution in [0.3, 0.4) is 0 Å². The third-order valence-corrected chi connectivity index (χ3v) is 4.67. The number of hydrogen-bond acceptors (Lipinski definition) is 5. The minimum atomic E-state index is -0.987. The van der Waals surface area contributed by atoms with Crippen LogP contribution < -0.4 is 16.1 Å². The van der Waals surface area contributed by atoms with Crippen molar-refractivity contribution in [3.8, 4) is 5.69 Å². The normalized spacial score (nSPS) is 10.7. The zero-order valence-corrected chi connectivity index (χ0v) is 16.3. The summed E-state index contributed by atoms with van der Waals surface area (Å²) in [5.41, 5.74) is 3.10. The van der Waals surface area contributed by atoms with Gasteiger partial charge in [-0.05, 0) is 37.3 Å². The van der Waals surface area contributed by atoms with Crippen molar-refractivity contribution in [2.24, 2.45) is 0 Å². The molecule has 0 radical (unpaired) electrons. The molecular weight excluding hydrogens is 380 g/mol. The lowest BCUT2D eigenvalue weighted by atomic mass is 10.2. The Hall–Kier alpha value is -4.13. The Morgan fingerprint density at radius 3 is 2.37 bits per heavy atom. The van der Waals surface area contributed by atoms with Gasteiger partial charge in [-0.25, -0.2) is 4.98 Å². The second kappa shape index (κ2) is 8.08. The number of aliphatic carboxylic acids is 1. The second-order valence-electron chi connectivity index (χ2n) is 6.80. The van der Waals surface area contributed by atoms with E-state index in [2.05, 4.69) is 15.6 Å². The molecule has 7 heteroatoms. The molecule has 4 rings (SSSR count). The predicted molar refractivity (Wildman–Crippen MR) is 118 cm³/mol. The third-order valence-electron chi connectivity index (χ3n) is 4.67. The monoisotopic (exact) mass is 400 g/mol. The van der Waals surface area contributed by atoms with Crippen molar-refractivity contribution in [1.82, 2.24) is 9.55 Å². The molecule has 0 unspecified atom stereocenters.